The van der Waals surface area contributed by atoms with E-state index in [2.05, 4.69) is 0 Å². The highest BCUT2D eigenvalue weighted by molar-refractivity contribution is 7.89. The number of para-hydroxylation sites is 1. The standard InChI is InChI=1S/C14H19Cl2NO3S/c15-11-5-4-6-12(16)13(11)20-9-14(10-21(17,18)19)7-2-1-3-8-14/h4-6H,1-3,7-10H2,(H2,17,18,19). The molecule has 1 aromatic carbocycles. The van der Waals surface area contributed by atoms with E-state index in [0.29, 0.717) is 15.8 Å². The average molecular weight is 352 g/mol. The Morgan fingerprint density at radius 2 is 1.71 bits per heavy atom. The Morgan fingerprint density at radius 3 is 2.24 bits per heavy atom. The Balaban J connectivity index is 2.16. The van der Waals surface area contributed by atoms with Gasteiger partial charge in [0.05, 0.1) is 22.4 Å². The van der Waals surface area contributed by atoms with Gasteiger partial charge in [0, 0.05) is 5.41 Å². The van der Waals surface area contributed by atoms with Gasteiger partial charge in [0.25, 0.3) is 0 Å². The minimum atomic E-state index is -3.55. The largest absolute Gasteiger partial charge is 0.490 e. The van der Waals surface area contributed by atoms with E-state index < -0.39 is 15.4 Å². The number of primary sulfonamides is 1. The number of hydrogen-bond acceptors (Lipinski definition) is 3. The minimum absolute atomic E-state index is 0.0674. The fraction of sp³-hybridized carbons (Fsp3) is 0.571. The van der Waals surface area contributed by atoms with Crippen LogP contribution in [0, 0.1) is 5.41 Å². The third kappa shape index (κ3) is 4.74. The van der Waals surface area contributed by atoms with Crippen molar-refractivity contribution in [2.45, 2.75) is 32.1 Å². The normalized spacial score (nSPS) is 18.4. The molecular weight excluding hydrogens is 333 g/mol. The third-order valence-corrected chi connectivity index (χ3v) is 5.47. The topological polar surface area (TPSA) is 69.4 Å². The van der Waals surface area contributed by atoms with Crippen molar-refractivity contribution in [1.82, 2.24) is 0 Å². The van der Waals surface area contributed by atoms with Crippen LogP contribution < -0.4 is 9.88 Å². The average Bonchev–Trinajstić information content (AvgIpc) is 2.37. The molecule has 21 heavy (non-hydrogen) atoms. The fourth-order valence-electron chi connectivity index (χ4n) is 2.90. The maximum Gasteiger partial charge on any atom is 0.209 e. The van der Waals surface area contributed by atoms with Crippen LogP contribution in [-0.2, 0) is 10.0 Å². The number of halogens is 2. The van der Waals surface area contributed by atoms with Crippen molar-refractivity contribution >= 4 is 33.2 Å². The highest BCUT2D eigenvalue weighted by atomic mass is 35.5. The molecule has 1 aromatic rings. The highest BCUT2D eigenvalue weighted by Crippen LogP contribution is 2.40. The van der Waals surface area contributed by atoms with Crippen LogP contribution in [0.3, 0.4) is 0 Å². The molecule has 0 atom stereocenters. The SMILES string of the molecule is NS(=O)(=O)CC1(COc2c(Cl)cccc2Cl)CCCCC1. The molecule has 0 aromatic heterocycles. The molecule has 0 spiro atoms. The van der Waals surface area contributed by atoms with E-state index in [9.17, 15) is 8.42 Å². The number of rotatable bonds is 5. The lowest BCUT2D eigenvalue weighted by Gasteiger charge is -2.36. The van der Waals surface area contributed by atoms with Crippen LogP contribution in [0.2, 0.25) is 10.0 Å². The van der Waals surface area contributed by atoms with Crippen molar-refractivity contribution in [3.63, 3.8) is 0 Å². The molecule has 0 amide bonds. The zero-order valence-electron chi connectivity index (χ0n) is 11.6. The van der Waals surface area contributed by atoms with Gasteiger partial charge in [-0.05, 0) is 25.0 Å². The van der Waals surface area contributed by atoms with E-state index in [1.165, 1.54) is 0 Å². The number of benzene rings is 1. The van der Waals surface area contributed by atoms with Crippen LogP contribution in [0.25, 0.3) is 0 Å². The van der Waals surface area contributed by atoms with Gasteiger partial charge in [-0.2, -0.15) is 0 Å². The molecule has 1 aliphatic rings. The van der Waals surface area contributed by atoms with E-state index in [4.69, 9.17) is 33.1 Å². The van der Waals surface area contributed by atoms with Crippen LogP contribution >= 0.6 is 23.2 Å². The zero-order chi connectivity index (χ0) is 15.5. The van der Waals surface area contributed by atoms with Gasteiger partial charge in [-0.15, -0.1) is 0 Å². The molecule has 0 unspecified atom stereocenters. The van der Waals surface area contributed by atoms with Crippen molar-refractivity contribution in [1.29, 1.82) is 0 Å². The van der Waals surface area contributed by atoms with Gasteiger partial charge >= 0.3 is 0 Å². The number of sulfonamides is 1. The fourth-order valence-corrected chi connectivity index (χ4v) is 4.64. The Morgan fingerprint density at radius 1 is 1.14 bits per heavy atom. The smallest absolute Gasteiger partial charge is 0.209 e. The lowest BCUT2D eigenvalue weighted by Crippen LogP contribution is -2.40. The van der Waals surface area contributed by atoms with Gasteiger partial charge in [-0.1, -0.05) is 48.5 Å². The zero-order valence-corrected chi connectivity index (χ0v) is 14.0. The van der Waals surface area contributed by atoms with Crippen LogP contribution in [0.1, 0.15) is 32.1 Å². The predicted molar refractivity (Wildman–Crippen MR) is 85.4 cm³/mol. The highest BCUT2D eigenvalue weighted by Gasteiger charge is 2.37. The van der Waals surface area contributed by atoms with E-state index in [1.807, 2.05) is 0 Å². The molecule has 118 valence electrons. The van der Waals surface area contributed by atoms with Crippen molar-refractivity contribution in [2.24, 2.45) is 10.6 Å². The summed E-state index contributed by atoms with van der Waals surface area (Å²) in [7, 11) is -3.55. The second-order valence-electron chi connectivity index (χ2n) is 5.71. The Labute approximate surface area is 135 Å². The first kappa shape index (κ1) is 16.9. The van der Waals surface area contributed by atoms with Gasteiger partial charge in [0.15, 0.2) is 5.75 Å². The first-order valence-electron chi connectivity index (χ1n) is 6.89. The number of nitrogens with two attached hydrogens (primary N) is 1. The summed E-state index contributed by atoms with van der Waals surface area (Å²) < 4.78 is 28.8. The van der Waals surface area contributed by atoms with E-state index in [-0.39, 0.29) is 12.4 Å². The number of hydrogen-bond donors (Lipinski definition) is 1. The summed E-state index contributed by atoms with van der Waals surface area (Å²) in [6.07, 6.45) is 4.64. The quantitative estimate of drug-likeness (QED) is 0.880. The second-order valence-corrected chi connectivity index (χ2v) is 8.14. The molecule has 0 radical (unpaired) electrons. The summed E-state index contributed by atoms with van der Waals surface area (Å²) in [6, 6.07) is 5.12. The van der Waals surface area contributed by atoms with Gasteiger partial charge in [0.2, 0.25) is 10.0 Å². The van der Waals surface area contributed by atoms with Gasteiger partial charge in [-0.25, -0.2) is 13.6 Å². The summed E-state index contributed by atoms with van der Waals surface area (Å²) in [5.74, 6) is 0.336. The molecule has 2 N–H and O–H groups in total. The van der Waals surface area contributed by atoms with Crippen molar-refractivity contribution in [2.75, 3.05) is 12.4 Å². The first-order chi connectivity index (χ1) is 9.81. The van der Waals surface area contributed by atoms with E-state index in [0.717, 1.165) is 32.1 Å². The third-order valence-electron chi connectivity index (χ3n) is 3.86. The Kier molecular flexibility index (Phi) is 5.41. The maximum atomic E-state index is 11.5. The van der Waals surface area contributed by atoms with Gasteiger partial charge in [-0.3, -0.25) is 0 Å². The number of ether oxygens (including phenoxy) is 1. The van der Waals surface area contributed by atoms with Crippen molar-refractivity contribution in [3.8, 4) is 5.75 Å². The summed E-state index contributed by atoms with van der Waals surface area (Å²) >= 11 is 12.1. The minimum Gasteiger partial charge on any atom is -0.490 e. The molecule has 7 heteroatoms. The summed E-state index contributed by atoms with van der Waals surface area (Å²) in [4.78, 5) is 0. The van der Waals surface area contributed by atoms with Crippen molar-refractivity contribution < 1.29 is 13.2 Å². The second kappa shape index (κ2) is 6.73. The lowest BCUT2D eigenvalue weighted by atomic mass is 9.76. The molecule has 0 saturated heterocycles. The molecule has 0 heterocycles. The Bertz CT molecular complexity index is 578. The lowest BCUT2D eigenvalue weighted by molar-refractivity contribution is 0.119. The van der Waals surface area contributed by atoms with Gasteiger partial charge < -0.3 is 4.74 Å². The van der Waals surface area contributed by atoms with Crippen LogP contribution in [0.4, 0.5) is 0 Å². The maximum absolute atomic E-state index is 11.5. The molecular formula is C14H19Cl2NO3S. The van der Waals surface area contributed by atoms with E-state index in [1.54, 1.807) is 18.2 Å². The summed E-state index contributed by atoms with van der Waals surface area (Å²) in [6.45, 7) is 0.257. The summed E-state index contributed by atoms with van der Waals surface area (Å²) in [5.41, 5.74) is -0.450. The van der Waals surface area contributed by atoms with Crippen LogP contribution in [0.5, 0.6) is 5.75 Å². The molecule has 0 bridgehead atoms. The molecule has 2 rings (SSSR count). The van der Waals surface area contributed by atoms with Crippen LogP contribution in [-0.4, -0.2) is 20.8 Å². The van der Waals surface area contributed by atoms with Crippen molar-refractivity contribution in [3.05, 3.63) is 28.2 Å². The predicted octanol–water partition coefficient (Wildman–Crippen LogP) is 3.61. The van der Waals surface area contributed by atoms with E-state index >= 15 is 0 Å². The van der Waals surface area contributed by atoms with Crippen LogP contribution in [0.15, 0.2) is 18.2 Å². The summed E-state index contributed by atoms with van der Waals surface area (Å²) in [5, 5.41) is 6.09. The molecule has 1 saturated carbocycles. The molecule has 4 nitrogen and oxygen atoms in total. The Hall–Kier alpha value is -0.490. The molecule has 0 aliphatic heterocycles. The van der Waals surface area contributed by atoms with Gasteiger partial charge in [0.1, 0.15) is 0 Å². The monoisotopic (exact) mass is 351 g/mol. The molecule has 1 aliphatic carbocycles. The molecule has 1 fully saturated rings. The first-order valence-corrected chi connectivity index (χ1v) is 9.36.